The second-order valence-electron chi connectivity index (χ2n) is 17.7. The third kappa shape index (κ3) is 6.25. The zero-order valence-electron chi connectivity index (χ0n) is 37.0. The minimum absolute atomic E-state index is 0.00672. The average molecular weight is 855 g/mol. The van der Waals surface area contributed by atoms with Gasteiger partial charge in [0.25, 0.3) is 6.85 Å². The van der Waals surface area contributed by atoms with Gasteiger partial charge in [0.15, 0.2) is 0 Å². The molecule has 4 nitrogen and oxygen atoms in total. The third-order valence-electron chi connectivity index (χ3n) is 14.0. The second kappa shape index (κ2) is 15.9. The van der Waals surface area contributed by atoms with Crippen molar-refractivity contribution in [3.8, 4) is 22.3 Å². The van der Waals surface area contributed by atoms with Crippen LogP contribution in [0.25, 0.3) is 27.8 Å². The number of para-hydroxylation sites is 4. The van der Waals surface area contributed by atoms with Crippen LogP contribution in [0.15, 0.2) is 249 Å². The summed E-state index contributed by atoms with van der Waals surface area (Å²) in [5, 5.41) is 0. The first kappa shape index (κ1) is 38.9. The summed E-state index contributed by atoms with van der Waals surface area (Å²) >= 11 is 0. The van der Waals surface area contributed by atoms with Gasteiger partial charge in [-0.25, -0.2) is 0 Å². The van der Waals surface area contributed by atoms with Crippen molar-refractivity contribution in [3.05, 3.63) is 255 Å². The van der Waals surface area contributed by atoms with E-state index in [0.29, 0.717) is 0 Å². The molecule has 0 unspecified atom stereocenters. The molecule has 0 amide bonds. The molecule has 0 spiro atoms. The van der Waals surface area contributed by atoms with E-state index in [2.05, 4.69) is 262 Å². The Morgan fingerprint density at radius 2 is 0.866 bits per heavy atom. The number of hydrogen-bond acceptors (Lipinski definition) is 4. The first-order valence-electron chi connectivity index (χ1n) is 23.3. The van der Waals surface area contributed by atoms with Crippen LogP contribution >= 0.6 is 0 Å². The highest BCUT2D eigenvalue weighted by Gasteiger charge is 2.48. The summed E-state index contributed by atoms with van der Waals surface area (Å²) in [6, 6.07) is 79.8. The van der Waals surface area contributed by atoms with Crippen LogP contribution in [0.4, 0.5) is 56.9 Å². The normalized spacial score (nSPS) is 14.7. The summed E-state index contributed by atoms with van der Waals surface area (Å²) < 4.78 is 0. The minimum atomic E-state index is -0.00672. The standard InChI is InChI=1S/C61H44B2N4/c1-43-21-7-6-18-40-62-54-32-19-33-55-60(54)61-58(66(62)56-38-36-48(41-51(43)56)64(44-22-8-2-9-23-44)45-24-10-3-11-25-45)34-20-35-59(61)67-57-39-37-49(42-52(57)50-30-16-17-31-53(50)63(55)67)65(46-26-12-4-13-27-46)47-28-14-5-15-29-47/h2-39,41-42H,1,40H2/b18-6-,21-7-. The Morgan fingerprint density at radius 3 is 1.48 bits per heavy atom. The van der Waals surface area contributed by atoms with Gasteiger partial charge >= 0.3 is 6.85 Å². The van der Waals surface area contributed by atoms with Gasteiger partial charge in [-0.2, -0.15) is 0 Å². The first-order valence-corrected chi connectivity index (χ1v) is 23.3. The summed E-state index contributed by atoms with van der Waals surface area (Å²) in [5.74, 6) is 0. The smallest absolute Gasteiger partial charge is 0.329 e. The number of anilines is 10. The summed E-state index contributed by atoms with van der Waals surface area (Å²) in [6.45, 7) is 4.77. The molecule has 6 heteroatoms. The molecule has 0 fully saturated rings. The second-order valence-corrected chi connectivity index (χ2v) is 17.7. The number of hydrogen-bond donors (Lipinski definition) is 0. The van der Waals surface area contributed by atoms with E-state index in [1.165, 1.54) is 55.7 Å². The first-order chi connectivity index (χ1) is 33.2. The molecule has 0 bridgehead atoms. The van der Waals surface area contributed by atoms with Gasteiger partial charge in [-0.3, -0.25) is 0 Å². The molecule has 0 aromatic heterocycles. The van der Waals surface area contributed by atoms with Gasteiger partial charge in [-0.1, -0.05) is 152 Å². The number of benzene rings is 9. The van der Waals surface area contributed by atoms with E-state index >= 15 is 0 Å². The molecule has 4 aliphatic rings. The number of rotatable bonds is 6. The van der Waals surface area contributed by atoms with E-state index in [9.17, 15) is 0 Å². The molecule has 4 heterocycles. The fourth-order valence-corrected chi connectivity index (χ4v) is 11.2. The van der Waals surface area contributed by atoms with Gasteiger partial charge in [-0.15, -0.1) is 0 Å². The quantitative estimate of drug-likeness (QED) is 0.155. The Kier molecular flexibility index (Phi) is 9.24. The van der Waals surface area contributed by atoms with E-state index in [4.69, 9.17) is 6.58 Å². The molecule has 0 aliphatic carbocycles. The predicted molar refractivity (Wildman–Crippen MR) is 286 cm³/mol. The lowest BCUT2D eigenvalue weighted by Crippen LogP contribution is -2.63. The highest BCUT2D eigenvalue weighted by Crippen LogP contribution is 2.54. The van der Waals surface area contributed by atoms with E-state index < -0.39 is 0 Å². The predicted octanol–water partition coefficient (Wildman–Crippen LogP) is 14.0. The van der Waals surface area contributed by atoms with Crippen molar-refractivity contribution < 1.29 is 0 Å². The van der Waals surface area contributed by atoms with E-state index in [1.807, 2.05) is 0 Å². The van der Waals surface area contributed by atoms with Crippen LogP contribution in [-0.2, 0) is 0 Å². The Labute approximate surface area is 393 Å². The molecule has 67 heavy (non-hydrogen) atoms. The number of fused-ring (bicyclic) bond motifs is 13. The van der Waals surface area contributed by atoms with Gasteiger partial charge in [0, 0.05) is 73.6 Å². The van der Waals surface area contributed by atoms with E-state index in [1.54, 1.807) is 0 Å². The molecule has 0 atom stereocenters. The van der Waals surface area contributed by atoms with Crippen molar-refractivity contribution in [2.75, 3.05) is 19.4 Å². The molecule has 0 saturated heterocycles. The van der Waals surface area contributed by atoms with Crippen LogP contribution in [0.3, 0.4) is 0 Å². The Bertz CT molecular complexity index is 3360. The summed E-state index contributed by atoms with van der Waals surface area (Å²) in [7, 11) is 0. The van der Waals surface area contributed by atoms with Crippen molar-refractivity contribution in [3.63, 3.8) is 0 Å². The maximum atomic E-state index is 4.74. The Morgan fingerprint density at radius 1 is 0.373 bits per heavy atom. The van der Waals surface area contributed by atoms with Crippen molar-refractivity contribution in [2.45, 2.75) is 6.32 Å². The molecule has 4 aliphatic heterocycles. The van der Waals surface area contributed by atoms with Gasteiger partial charge in [0.2, 0.25) is 0 Å². The van der Waals surface area contributed by atoms with Crippen LogP contribution in [0, 0.1) is 0 Å². The molecule has 0 saturated carbocycles. The zero-order valence-corrected chi connectivity index (χ0v) is 37.0. The van der Waals surface area contributed by atoms with Crippen LogP contribution < -0.4 is 35.8 Å². The maximum Gasteiger partial charge on any atom is 0.329 e. The van der Waals surface area contributed by atoms with Gasteiger partial charge in [-0.05, 0) is 136 Å². The van der Waals surface area contributed by atoms with Crippen LogP contribution in [0.5, 0.6) is 0 Å². The lowest BCUT2D eigenvalue weighted by Gasteiger charge is -2.48. The van der Waals surface area contributed by atoms with Gasteiger partial charge in [0.05, 0.1) is 0 Å². The molecule has 9 aromatic rings. The largest absolute Gasteiger partial charge is 0.380 e. The van der Waals surface area contributed by atoms with Gasteiger partial charge in [0.1, 0.15) is 0 Å². The summed E-state index contributed by atoms with van der Waals surface area (Å²) in [5.41, 5.74) is 22.6. The summed E-state index contributed by atoms with van der Waals surface area (Å²) in [6.07, 6.45) is 9.67. The third-order valence-corrected chi connectivity index (χ3v) is 14.0. The zero-order chi connectivity index (χ0) is 44.4. The molecule has 0 radical (unpaired) electrons. The van der Waals surface area contributed by atoms with Crippen LogP contribution in [-0.4, -0.2) is 13.7 Å². The SMILES string of the molecule is C=C1/C=C\C=C/CB2c3cccc4c3-c3c(cccc3N3B4c4ccccc4-c4cc(N(c5ccccc5)c5ccccc5)ccc43)N2c2ccc(N(c3ccccc3)c3ccccc3)cc21. The van der Waals surface area contributed by atoms with Gasteiger partial charge < -0.3 is 19.4 Å². The van der Waals surface area contributed by atoms with Crippen LogP contribution in [0.1, 0.15) is 5.56 Å². The molecule has 9 aromatic carbocycles. The van der Waals surface area contributed by atoms with Crippen molar-refractivity contribution >= 4 is 92.5 Å². The Balaban J connectivity index is 1.02. The molecule has 314 valence electrons. The topological polar surface area (TPSA) is 13.0 Å². The van der Waals surface area contributed by atoms with E-state index in [-0.39, 0.29) is 13.7 Å². The highest BCUT2D eigenvalue weighted by molar-refractivity contribution is 6.94. The lowest BCUT2D eigenvalue weighted by atomic mass is 9.39. The van der Waals surface area contributed by atoms with Crippen molar-refractivity contribution in [1.29, 1.82) is 0 Å². The Hall–Kier alpha value is -8.47. The monoisotopic (exact) mass is 854 g/mol. The minimum Gasteiger partial charge on any atom is -0.380 e. The molecule has 13 rings (SSSR count). The molecular weight excluding hydrogens is 810 g/mol. The number of nitrogens with zero attached hydrogens (tertiary/aromatic N) is 4. The number of allylic oxidation sites excluding steroid dienone is 5. The van der Waals surface area contributed by atoms with Crippen molar-refractivity contribution in [1.82, 2.24) is 0 Å². The van der Waals surface area contributed by atoms with Crippen molar-refractivity contribution in [2.24, 2.45) is 0 Å². The van der Waals surface area contributed by atoms with Crippen LogP contribution in [0.2, 0.25) is 6.32 Å². The maximum absolute atomic E-state index is 4.74. The molecular formula is C61H44B2N4. The highest BCUT2D eigenvalue weighted by atomic mass is 15.2. The fourth-order valence-electron chi connectivity index (χ4n) is 11.2. The van der Waals surface area contributed by atoms with E-state index in [0.717, 1.165) is 57.3 Å². The summed E-state index contributed by atoms with van der Waals surface area (Å²) in [4.78, 5) is 9.95. The molecule has 0 N–H and O–H groups in total. The lowest BCUT2D eigenvalue weighted by molar-refractivity contribution is 1.26. The average Bonchev–Trinajstić information content (AvgIpc) is 3.39. The fraction of sp³-hybridized carbons (Fsp3) is 0.0164.